The molecule has 22 heavy (non-hydrogen) atoms. The highest BCUT2D eigenvalue weighted by molar-refractivity contribution is 7.89. The second-order valence-electron chi connectivity index (χ2n) is 6.26. The maximum Gasteiger partial charge on any atom is 0.243 e. The minimum atomic E-state index is -3.51. The number of nitrogens with two attached hydrogens (primary N) is 1. The van der Waals surface area contributed by atoms with Crippen LogP contribution in [-0.4, -0.2) is 39.0 Å². The Balaban J connectivity index is 0.00000242. The van der Waals surface area contributed by atoms with Crippen molar-refractivity contribution in [1.29, 1.82) is 0 Å². The van der Waals surface area contributed by atoms with E-state index in [9.17, 15) is 8.42 Å². The zero-order chi connectivity index (χ0) is 15.7. The predicted molar refractivity (Wildman–Crippen MR) is 89.5 cm³/mol. The average Bonchev–Trinajstić information content (AvgIpc) is 2.42. The number of nitrogens with zero attached hydrogens (tertiary/aromatic N) is 1. The Morgan fingerprint density at radius 1 is 1.36 bits per heavy atom. The number of halogens is 1. The molecule has 2 rings (SSSR count). The minimum absolute atomic E-state index is 0. The number of methoxy groups -OCH3 is 1. The van der Waals surface area contributed by atoms with Gasteiger partial charge in [-0.05, 0) is 23.5 Å². The van der Waals surface area contributed by atoms with Crippen molar-refractivity contribution in [1.82, 2.24) is 4.31 Å². The Morgan fingerprint density at radius 2 is 2.00 bits per heavy atom. The fraction of sp³-hybridized carbons (Fsp3) is 0.600. The fourth-order valence-electron chi connectivity index (χ4n) is 2.70. The largest absolute Gasteiger partial charge is 0.380 e. The van der Waals surface area contributed by atoms with E-state index in [0.717, 1.165) is 0 Å². The SMILES string of the molecule is COCc1ccccc1S(=O)(=O)N1CCC(N)C(C)(C)C1.Cl. The van der Waals surface area contributed by atoms with Gasteiger partial charge in [0.15, 0.2) is 0 Å². The lowest BCUT2D eigenvalue weighted by Gasteiger charge is -2.41. The van der Waals surface area contributed by atoms with E-state index < -0.39 is 10.0 Å². The summed E-state index contributed by atoms with van der Waals surface area (Å²) in [6.07, 6.45) is 0.679. The molecule has 1 aliphatic rings. The number of hydrogen-bond donors (Lipinski definition) is 1. The summed E-state index contributed by atoms with van der Waals surface area (Å²) in [6, 6.07) is 7.02. The number of piperidine rings is 1. The molecule has 1 saturated heterocycles. The van der Waals surface area contributed by atoms with Crippen molar-refractivity contribution >= 4 is 22.4 Å². The molecule has 1 unspecified atom stereocenters. The van der Waals surface area contributed by atoms with Crippen molar-refractivity contribution in [3.63, 3.8) is 0 Å². The summed E-state index contributed by atoms with van der Waals surface area (Å²) in [7, 11) is -1.95. The number of rotatable bonds is 4. The van der Waals surface area contributed by atoms with Crippen molar-refractivity contribution in [3.05, 3.63) is 29.8 Å². The summed E-state index contributed by atoms with van der Waals surface area (Å²) in [6.45, 7) is 5.22. The molecule has 1 aliphatic heterocycles. The first-order valence-electron chi connectivity index (χ1n) is 7.11. The summed E-state index contributed by atoms with van der Waals surface area (Å²) < 4.78 is 32.5. The summed E-state index contributed by atoms with van der Waals surface area (Å²) in [5, 5.41) is 0. The van der Waals surface area contributed by atoms with Crippen LogP contribution >= 0.6 is 12.4 Å². The first-order chi connectivity index (χ1) is 9.79. The Hall–Kier alpha value is -0.660. The quantitative estimate of drug-likeness (QED) is 0.903. The number of hydrogen-bond acceptors (Lipinski definition) is 4. The van der Waals surface area contributed by atoms with Crippen molar-refractivity contribution < 1.29 is 13.2 Å². The standard InChI is InChI=1S/C15H24N2O3S.ClH/c1-15(2)11-17(9-8-14(15)16)21(18,19)13-7-5-4-6-12(13)10-20-3;/h4-7,14H,8-11,16H2,1-3H3;1H. The molecule has 1 atom stereocenters. The Morgan fingerprint density at radius 3 is 2.59 bits per heavy atom. The lowest BCUT2D eigenvalue weighted by Crippen LogP contribution is -2.53. The van der Waals surface area contributed by atoms with Crippen LogP contribution in [0, 0.1) is 5.41 Å². The van der Waals surface area contributed by atoms with Crippen LogP contribution in [0.1, 0.15) is 25.8 Å². The molecule has 0 amide bonds. The van der Waals surface area contributed by atoms with Crippen LogP contribution in [0.25, 0.3) is 0 Å². The third kappa shape index (κ3) is 3.81. The maximum atomic E-state index is 12.9. The Kier molecular flexibility index (Phi) is 6.41. The number of ether oxygens (including phenoxy) is 1. The van der Waals surface area contributed by atoms with Gasteiger partial charge in [-0.15, -0.1) is 12.4 Å². The van der Waals surface area contributed by atoms with Gasteiger partial charge < -0.3 is 10.5 Å². The van der Waals surface area contributed by atoms with Crippen LogP contribution in [-0.2, 0) is 21.4 Å². The number of benzene rings is 1. The van der Waals surface area contributed by atoms with Gasteiger partial charge >= 0.3 is 0 Å². The molecule has 0 radical (unpaired) electrons. The Bertz CT molecular complexity index is 605. The molecule has 0 aliphatic carbocycles. The highest BCUT2D eigenvalue weighted by atomic mass is 35.5. The van der Waals surface area contributed by atoms with Gasteiger partial charge in [0.2, 0.25) is 10.0 Å². The molecule has 2 N–H and O–H groups in total. The smallest absolute Gasteiger partial charge is 0.243 e. The fourth-order valence-corrected chi connectivity index (χ4v) is 4.53. The van der Waals surface area contributed by atoms with Gasteiger partial charge in [-0.1, -0.05) is 32.0 Å². The second kappa shape index (κ2) is 7.27. The molecule has 126 valence electrons. The molecular weight excluding hydrogens is 324 g/mol. The molecule has 5 nitrogen and oxygen atoms in total. The van der Waals surface area contributed by atoms with Crippen LogP contribution < -0.4 is 5.73 Å². The third-order valence-corrected chi connectivity index (χ3v) is 6.11. The highest BCUT2D eigenvalue weighted by Crippen LogP contribution is 2.32. The molecule has 0 spiro atoms. The van der Waals surface area contributed by atoms with Gasteiger partial charge in [0.1, 0.15) is 0 Å². The molecule has 1 fully saturated rings. The summed E-state index contributed by atoms with van der Waals surface area (Å²) >= 11 is 0. The van der Waals surface area contributed by atoms with Gasteiger partial charge in [0, 0.05) is 26.2 Å². The molecule has 1 heterocycles. The van der Waals surface area contributed by atoms with Crippen LogP contribution in [0.2, 0.25) is 0 Å². The minimum Gasteiger partial charge on any atom is -0.380 e. The van der Waals surface area contributed by atoms with E-state index in [0.29, 0.717) is 30.0 Å². The summed E-state index contributed by atoms with van der Waals surface area (Å²) in [4.78, 5) is 0.332. The van der Waals surface area contributed by atoms with Gasteiger partial charge in [-0.25, -0.2) is 8.42 Å². The van der Waals surface area contributed by atoms with Crippen molar-refractivity contribution in [2.45, 2.75) is 37.8 Å². The second-order valence-corrected chi connectivity index (χ2v) is 8.17. The summed E-state index contributed by atoms with van der Waals surface area (Å²) in [5.74, 6) is 0. The van der Waals surface area contributed by atoms with Gasteiger partial charge in [0.05, 0.1) is 11.5 Å². The lowest BCUT2D eigenvalue weighted by atomic mass is 9.81. The predicted octanol–water partition coefficient (Wildman–Crippen LogP) is 2.00. The molecule has 0 bridgehead atoms. The van der Waals surface area contributed by atoms with Crippen LogP contribution in [0.3, 0.4) is 0 Å². The molecule has 1 aromatic rings. The molecular formula is C15H25ClN2O3S. The normalized spacial score (nSPS) is 22.1. The zero-order valence-corrected chi connectivity index (χ0v) is 14.9. The van der Waals surface area contributed by atoms with E-state index in [1.165, 1.54) is 0 Å². The zero-order valence-electron chi connectivity index (χ0n) is 13.3. The Labute approximate surface area is 139 Å². The van der Waals surface area contributed by atoms with Crippen LogP contribution in [0.4, 0.5) is 0 Å². The van der Waals surface area contributed by atoms with Gasteiger partial charge in [-0.2, -0.15) is 4.31 Å². The van der Waals surface area contributed by atoms with Crippen molar-refractivity contribution in [2.75, 3.05) is 20.2 Å². The average molecular weight is 349 g/mol. The van der Waals surface area contributed by atoms with E-state index in [-0.39, 0.29) is 30.5 Å². The maximum absolute atomic E-state index is 12.9. The van der Waals surface area contributed by atoms with E-state index in [1.54, 1.807) is 29.6 Å². The van der Waals surface area contributed by atoms with E-state index >= 15 is 0 Å². The summed E-state index contributed by atoms with van der Waals surface area (Å²) in [5.41, 5.74) is 6.56. The first-order valence-corrected chi connectivity index (χ1v) is 8.55. The van der Waals surface area contributed by atoms with E-state index in [1.807, 2.05) is 19.9 Å². The van der Waals surface area contributed by atoms with E-state index in [2.05, 4.69) is 0 Å². The topological polar surface area (TPSA) is 72.6 Å². The highest BCUT2D eigenvalue weighted by Gasteiger charge is 2.39. The molecule has 1 aromatic carbocycles. The first kappa shape index (κ1) is 19.4. The monoisotopic (exact) mass is 348 g/mol. The third-order valence-electron chi connectivity index (χ3n) is 4.17. The number of sulfonamides is 1. The van der Waals surface area contributed by atoms with Gasteiger partial charge in [0.25, 0.3) is 0 Å². The van der Waals surface area contributed by atoms with Crippen molar-refractivity contribution in [3.8, 4) is 0 Å². The molecule has 0 aromatic heterocycles. The van der Waals surface area contributed by atoms with Crippen LogP contribution in [0.5, 0.6) is 0 Å². The molecule has 7 heteroatoms. The molecule has 0 saturated carbocycles. The van der Waals surface area contributed by atoms with Crippen molar-refractivity contribution in [2.24, 2.45) is 11.1 Å². The van der Waals surface area contributed by atoms with Gasteiger partial charge in [-0.3, -0.25) is 0 Å². The van der Waals surface area contributed by atoms with Crippen LogP contribution in [0.15, 0.2) is 29.2 Å². The lowest BCUT2D eigenvalue weighted by molar-refractivity contribution is 0.155. The van der Waals surface area contributed by atoms with E-state index in [4.69, 9.17) is 10.5 Å².